The standard InChI is InChI=1S/C30H34N4O2/c1-17-8-18(2)27(19(3)9-17)32-29(36)34-33-28(35)26-13-24(23-6-4-5-7-25(23)31-26)30-14-20-10-21(15-30)12-22(11-20)16-30/h4-9,13,20-22H,10-12,14-16H2,1-3H3,(H,33,35)(H2,32,34,36). The lowest BCUT2D eigenvalue weighted by molar-refractivity contribution is -0.00454. The SMILES string of the molecule is Cc1cc(C)c(NC(=O)NNC(=O)c2cc(C34CC5CC(CC(C5)C3)C4)c3ccccc3n2)c(C)c1. The summed E-state index contributed by atoms with van der Waals surface area (Å²) in [5.74, 6) is 2.01. The molecule has 0 saturated heterocycles. The van der Waals surface area contributed by atoms with Crippen LogP contribution in [-0.2, 0) is 5.41 Å². The number of carbonyl (C=O) groups is 2. The Morgan fingerprint density at radius 1 is 0.861 bits per heavy atom. The lowest BCUT2D eigenvalue weighted by Crippen LogP contribution is -2.49. The molecule has 36 heavy (non-hydrogen) atoms. The number of rotatable bonds is 3. The Kier molecular flexibility index (Phi) is 5.51. The van der Waals surface area contributed by atoms with Crippen molar-refractivity contribution in [3.05, 3.63) is 70.4 Å². The van der Waals surface area contributed by atoms with E-state index in [1.807, 2.05) is 51.1 Å². The fraction of sp³-hybridized carbons (Fsp3) is 0.433. The number of urea groups is 1. The van der Waals surface area contributed by atoms with Gasteiger partial charge in [0.15, 0.2) is 0 Å². The third kappa shape index (κ3) is 4.02. The van der Waals surface area contributed by atoms with Gasteiger partial charge in [-0.3, -0.25) is 10.2 Å². The lowest BCUT2D eigenvalue weighted by atomic mass is 9.48. The van der Waals surface area contributed by atoms with E-state index in [-0.39, 0.29) is 5.41 Å². The zero-order valence-corrected chi connectivity index (χ0v) is 21.3. The average molecular weight is 483 g/mol. The van der Waals surface area contributed by atoms with Crippen LogP contribution in [0.1, 0.15) is 71.3 Å². The number of pyridine rings is 1. The Hall–Kier alpha value is -3.41. The average Bonchev–Trinajstić information content (AvgIpc) is 2.83. The second-order valence-corrected chi connectivity index (χ2v) is 11.6. The van der Waals surface area contributed by atoms with Crippen LogP contribution in [-0.4, -0.2) is 16.9 Å². The van der Waals surface area contributed by atoms with Gasteiger partial charge in [0.2, 0.25) is 0 Å². The molecule has 3 aromatic rings. The molecule has 4 bridgehead atoms. The van der Waals surface area contributed by atoms with Gasteiger partial charge >= 0.3 is 6.03 Å². The Labute approximate surface area is 212 Å². The molecule has 4 aliphatic carbocycles. The van der Waals surface area contributed by atoms with Crippen LogP contribution in [0.15, 0.2) is 42.5 Å². The predicted octanol–water partition coefficient (Wildman–Crippen LogP) is 6.09. The van der Waals surface area contributed by atoms with Gasteiger partial charge in [-0.15, -0.1) is 0 Å². The van der Waals surface area contributed by atoms with E-state index in [1.165, 1.54) is 44.1 Å². The molecule has 7 rings (SSSR count). The fourth-order valence-electron chi connectivity index (χ4n) is 7.87. The number of aryl methyl sites for hydroxylation is 3. The van der Waals surface area contributed by atoms with Gasteiger partial charge in [-0.1, -0.05) is 35.9 Å². The van der Waals surface area contributed by atoms with E-state index < -0.39 is 11.9 Å². The Morgan fingerprint density at radius 3 is 2.11 bits per heavy atom. The molecule has 0 atom stereocenters. The zero-order chi connectivity index (χ0) is 25.0. The monoisotopic (exact) mass is 482 g/mol. The number of aromatic nitrogens is 1. The van der Waals surface area contributed by atoms with Crippen LogP contribution >= 0.6 is 0 Å². The molecule has 4 fully saturated rings. The number of amides is 3. The van der Waals surface area contributed by atoms with E-state index in [1.54, 1.807) is 0 Å². The summed E-state index contributed by atoms with van der Waals surface area (Å²) in [6, 6.07) is 13.7. The minimum Gasteiger partial charge on any atom is -0.306 e. The maximum Gasteiger partial charge on any atom is 0.337 e. The first kappa shape index (κ1) is 23.0. The normalized spacial score (nSPS) is 26.1. The summed E-state index contributed by atoms with van der Waals surface area (Å²) in [5, 5.41) is 4.02. The van der Waals surface area contributed by atoms with Gasteiger partial charge in [0.1, 0.15) is 5.69 Å². The number of nitrogens with one attached hydrogen (secondary N) is 3. The Balaban J connectivity index is 1.25. The molecule has 186 valence electrons. The smallest absolute Gasteiger partial charge is 0.306 e. The summed E-state index contributed by atoms with van der Waals surface area (Å²) in [7, 11) is 0. The molecule has 3 amide bonds. The molecule has 1 aromatic heterocycles. The highest BCUT2D eigenvalue weighted by Gasteiger charge is 2.52. The van der Waals surface area contributed by atoms with Crippen molar-refractivity contribution in [2.75, 3.05) is 5.32 Å². The molecule has 0 spiro atoms. The largest absolute Gasteiger partial charge is 0.337 e. The molecule has 4 aliphatic rings. The van der Waals surface area contributed by atoms with Crippen LogP contribution in [0.4, 0.5) is 10.5 Å². The van der Waals surface area contributed by atoms with E-state index in [0.29, 0.717) is 5.69 Å². The van der Waals surface area contributed by atoms with E-state index in [2.05, 4.69) is 33.3 Å². The fourth-order valence-corrected chi connectivity index (χ4v) is 7.87. The molecule has 0 unspecified atom stereocenters. The molecule has 4 saturated carbocycles. The second kappa shape index (κ2) is 8.61. The molecule has 6 nitrogen and oxygen atoms in total. The van der Waals surface area contributed by atoms with E-state index in [4.69, 9.17) is 0 Å². The Bertz CT molecular complexity index is 1320. The van der Waals surface area contributed by atoms with E-state index >= 15 is 0 Å². The van der Waals surface area contributed by atoms with Crippen molar-refractivity contribution in [1.82, 2.24) is 15.8 Å². The summed E-state index contributed by atoms with van der Waals surface area (Å²) < 4.78 is 0. The van der Waals surface area contributed by atoms with Gasteiger partial charge in [-0.25, -0.2) is 15.2 Å². The maximum atomic E-state index is 13.2. The van der Waals surface area contributed by atoms with Crippen molar-refractivity contribution >= 4 is 28.5 Å². The van der Waals surface area contributed by atoms with Crippen molar-refractivity contribution < 1.29 is 9.59 Å². The molecular weight excluding hydrogens is 448 g/mol. The zero-order valence-electron chi connectivity index (χ0n) is 21.3. The Morgan fingerprint density at radius 2 is 1.47 bits per heavy atom. The minimum atomic E-state index is -0.486. The van der Waals surface area contributed by atoms with Gasteiger partial charge in [-0.05, 0) is 111 Å². The van der Waals surface area contributed by atoms with Crippen LogP contribution < -0.4 is 16.2 Å². The second-order valence-electron chi connectivity index (χ2n) is 11.6. The molecule has 3 N–H and O–H groups in total. The number of carbonyl (C=O) groups excluding carboxylic acids is 2. The number of fused-ring (bicyclic) bond motifs is 1. The van der Waals surface area contributed by atoms with E-state index in [0.717, 1.165) is 51.0 Å². The third-order valence-electron chi connectivity index (χ3n) is 8.76. The van der Waals surface area contributed by atoms with Crippen LogP contribution in [0.5, 0.6) is 0 Å². The summed E-state index contributed by atoms with van der Waals surface area (Å²) in [5.41, 5.74) is 11.5. The topological polar surface area (TPSA) is 83.1 Å². The highest BCUT2D eigenvalue weighted by Crippen LogP contribution is 2.61. The van der Waals surface area contributed by atoms with Gasteiger partial charge < -0.3 is 5.32 Å². The molecule has 2 aromatic carbocycles. The molecule has 1 heterocycles. The van der Waals surface area contributed by atoms with E-state index in [9.17, 15) is 9.59 Å². The molecule has 6 heteroatoms. The first-order chi connectivity index (χ1) is 17.3. The minimum absolute atomic E-state index is 0.137. The highest BCUT2D eigenvalue weighted by molar-refractivity contribution is 5.98. The van der Waals surface area contributed by atoms with Gasteiger partial charge in [0.25, 0.3) is 5.91 Å². The number of para-hydroxylation sites is 1. The number of anilines is 1. The summed E-state index contributed by atoms with van der Waals surface area (Å²) in [4.78, 5) is 30.5. The molecular formula is C30H34N4O2. The number of hydrogen-bond donors (Lipinski definition) is 3. The van der Waals surface area contributed by atoms with Crippen molar-refractivity contribution in [2.24, 2.45) is 17.8 Å². The first-order valence-corrected chi connectivity index (χ1v) is 13.1. The van der Waals surface area contributed by atoms with Gasteiger partial charge in [0, 0.05) is 11.1 Å². The van der Waals surface area contributed by atoms with Crippen molar-refractivity contribution in [3.63, 3.8) is 0 Å². The maximum absolute atomic E-state index is 13.2. The number of hydrogen-bond acceptors (Lipinski definition) is 3. The van der Waals surface area contributed by atoms with Crippen molar-refractivity contribution in [3.8, 4) is 0 Å². The molecule has 0 aliphatic heterocycles. The lowest BCUT2D eigenvalue weighted by Gasteiger charge is -2.57. The van der Waals surface area contributed by atoms with Crippen LogP contribution in [0.3, 0.4) is 0 Å². The number of hydrazine groups is 1. The highest BCUT2D eigenvalue weighted by atomic mass is 16.2. The summed E-state index contributed by atoms with van der Waals surface area (Å²) >= 11 is 0. The van der Waals surface area contributed by atoms with Gasteiger partial charge in [-0.2, -0.15) is 0 Å². The first-order valence-electron chi connectivity index (χ1n) is 13.1. The van der Waals surface area contributed by atoms with Gasteiger partial charge in [0.05, 0.1) is 5.52 Å². The number of nitrogens with zero attached hydrogens (tertiary/aromatic N) is 1. The van der Waals surface area contributed by atoms with Crippen LogP contribution in [0, 0.1) is 38.5 Å². The molecule has 0 radical (unpaired) electrons. The van der Waals surface area contributed by atoms with Crippen molar-refractivity contribution in [1.29, 1.82) is 0 Å². The van der Waals surface area contributed by atoms with Crippen LogP contribution in [0.25, 0.3) is 10.9 Å². The summed E-state index contributed by atoms with van der Waals surface area (Å²) in [6.45, 7) is 5.94. The number of benzene rings is 2. The summed E-state index contributed by atoms with van der Waals surface area (Å²) in [6.07, 6.45) is 7.75. The quantitative estimate of drug-likeness (QED) is 0.395. The third-order valence-corrected chi connectivity index (χ3v) is 8.76. The van der Waals surface area contributed by atoms with Crippen molar-refractivity contribution in [2.45, 2.75) is 64.7 Å². The van der Waals surface area contributed by atoms with Crippen LogP contribution in [0.2, 0.25) is 0 Å². The predicted molar refractivity (Wildman–Crippen MR) is 142 cm³/mol.